The Labute approximate surface area is 119 Å². The van der Waals surface area contributed by atoms with Crippen LogP contribution in [0.3, 0.4) is 0 Å². The van der Waals surface area contributed by atoms with Crippen molar-refractivity contribution in [2.24, 2.45) is 14.1 Å². The van der Waals surface area contributed by atoms with Gasteiger partial charge in [0.15, 0.2) is 11.2 Å². The molecule has 0 fully saturated rings. The normalized spacial score (nSPS) is 11.5. The Morgan fingerprint density at radius 1 is 1.32 bits per heavy atom. The molecule has 0 aliphatic rings. The zero-order valence-corrected chi connectivity index (χ0v) is 11.3. The fraction of sp³-hybridized carbons (Fsp3) is 0.375. The van der Waals surface area contributed by atoms with Crippen LogP contribution in [0.5, 0.6) is 0 Å². The van der Waals surface area contributed by atoms with E-state index in [2.05, 4.69) is 4.98 Å². The minimum Gasteiger partial charge on any atom is -0.747 e. The summed E-state index contributed by atoms with van der Waals surface area (Å²) in [6, 6.07) is 0. The zero-order valence-electron chi connectivity index (χ0n) is 10.5. The van der Waals surface area contributed by atoms with E-state index in [1.807, 2.05) is 0 Å². The molecule has 0 spiro atoms. The van der Waals surface area contributed by atoms with Gasteiger partial charge in [-0.25, -0.2) is 22.8 Å². The van der Waals surface area contributed by atoms with Gasteiger partial charge in [-0.15, -0.1) is 0 Å². The average Bonchev–Trinajstić information content (AvgIpc) is 2.62. The molecule has 2 heterocycles. The summed E-state index contributed by atoms with van der Waals surface area (Å²) in [7, 11) is -1.87. The van der Waals surface area contributed by atoms with Crippen LogP contribution < -0.4 is 30.1 Å². The topological polar surface area (TPSA) is 119 Å². The molecule has 2 rings (SSSR count). The molecule has 0 aliphatic heterocycles. The summed E-state index contributed by atoms with van der Waals surface area (Å²) in [4.78, 5) is 27.6. The van der Waals surface area contributed by atoms with E-state index in [9.17, 15) is 22.6 Å². The Morgan fingerprint density at radius 3 is 2.42 bits per heavy atom. The third-order valence-electron chi connectivity index (χ3n) is 2.49. The van der Waals surface area contributed by atoms with Crippen molar-refractivity contribution in [3.05, 3.63) is 27.2 Å². The molecule has 0 bridgehead atoms. The van der Waals surface area contributed by atoms with Crippen LogP contribution in [0.25, 0.3) is 11.2 Å². The number of fused-ring (bicyclic) bond motifs is 1. The Bertz CT molecular complexity index is 846. The van der Waals surface area contributed by atoms with Gasteiger partial charge in [0.2, 0.25) is 0 Å². The van der Waals surface area contributed by atoms with Crippen LogP contribution in [-0.4, -0.2) is 31.7 Å². The smallest absolute Gasteiger partial charge is 0.747 e. The first kappa shape index (κ1) is 15.7. The summed E-state index contributed by atoms with van der Waals surface area (Å²) >= 11 is 0. The summed E-state index contributed by atoms with van der Waals surface area (Å²) in [6.07, 6.45) is 1.32. The summed E-state index contributed by atoms with van der Waals surface area (Å²) in [5, 5.41) is 0. The minimum atomic E-state index is -4.73. The number of hydrogen-bond donors (Lipinski definition) is 0. The Balaban J connectivity index is 0.00000180. The Kier molecular flexibility index (Phi) is 4.11. The van der Waals surface area contributed by atoms with Crippen molar-refractivity contribution in [3.8, 4) is 0 Å². The van der Waals surface area contributed by atoms with Gasteiger partial charge in [-0.1, -0.05) is 0 Å². The molecule has 2 aromatic heterocycles. The minimum absolute atomic E-state index is 0. The predicted molar refractivity (Wildman–Crippen MR) is 59.9 cm³/mol. The SMILES string of the molecule is Cn1cnc2c1c(=O)n(CS(=O)(=O)[O-])c(=O)n2C.[Li+]. The first-order valence-electron chi connectivity index (χ1n) is 4.77. The number of rotatable bonds is 2. The second kappa shape index (κ2) is 4.97. The molecule has 0 atom stereocenters. The maximum absolute atomic E-state index is 11.9. The molecule has 0 N–H and O–H groups in total. The van der Waals surface area contributed by atoms with Gasteiger partial charge < -0.3 is 9.12 Å². The van der Waals surface area contributed by atoms with Gasteiger partial charge >= 0.3 is 24.6 Å². The summed E-state index contributed by atoms with van der Waals surface area (Å²) in [6.45, 7) is 0. The van der Waals surface area contributed by atoms with Crippen LogP contribution >= 0.6 is 0 Å². The van der Waals surface area contributed by atoms with E-state index >= 15 is 0 Å². The first-order valence-corrected chi connectivity index (χ1v) is 6.34. The molecule has 0 saturated heterocycles. The van der Waals surface area contributed by atoms with Gasteiger partial charge in [-0.2, -0.15) is 0 Å². The van der Waals surface area contributed by atoms with Crippen LogP contribution in [0.4, 0.5) is 0 Å². The number of aryl methyl sites for hydroxylation is 2. The van der Waals surface area contributed by atoms with Crippen LogP contribution in [0.1, 0.15) is 0 Å². The van der Waals surface area contributed by atoms with Crippen LogP contribution in [0, 0.1) is 0 Å². The molecule has 0 saturated carbocycles. The van der Waals surface area contributed by atoms with Crippen molar-refractivity contribution >= 4 is 21.3 Å². The summed E-state index contributed by atoms with van der Waals surface area (Å²) < 4.78 is 34.8. The third kappa shape index (κ3) is 2.66. The molecule has 0 unspecified atom stereocenters. The molecular formula is C8H9LiN4O5S. The summed E-state index contributed by atoms with van der Waals surface area (Å²) in [5.74, 6) is -1.19. The number of imidazole rings is 1. The molecule has 2 aromatic rings. The van der Waals surface area contributed by atoms with Crippen molar-refractivity contribution in [1.82, 2.24) is 18.7 Å². The van der Waals surface area contributed by atoms with E-state index in [0.717, 1.165) is 4.57 Å². The van der Waals surface area contributed by atoms with Crippen molar-refractivity contribution in [1.29, 1.82) is 0 Å². The van der Waals surface area contributed by atoms with Crippen molar-refractivity contribution in [3.63, 3.8) is 0 Å². The van der Waals surface area contributed by atoms with Gasteiger partial charge in [0.05, 0.1) is 6.33 Å². The summed E-state index contributed by atoms with van der Waals surface area (Å²) in [5.41, 5.74) is -1.56. The molecular weight excluding hydrogens is 271 g/mol. The van der Waals surface area contributed by atoms with E-state index in [1.54, 1.807) is 0 Å². The largest absolute Gasteiger partial charge is 1.00 e. The van der Waals surface area contributed by atoms with E-state index in [0.29, 0.717) is 4.57 Å². The second-order valence-corrected chi connectivity index (χ2v) is 5.16. The number of nitrogens with zero attached hydrogens (tertiary/aromatic N) is 4. The maximum Gasteiger partial charge on any atom is 1.00 e. The quantitative estimate of drug-likeness (QED) is 0.401. The number of hydrogen-bond acceptors (Lipinski definition) is 6. The molecule has 19 heavy (non-hydrogen) atoms. The van der Waals surface area contributed by atoms with Crippen molar-refractivity contribution in [2.75, 3.05) is 0 Å². The molecule has 11 heteroatoms. The molecule has 9 nitrogen and oxygen atoms in total. The number of aromatic nitrogens is 4. The average molecular weight is 280 g/mol. The molecule has 0 aliphatic carbocycles. The fourth-order valence-electron chi connectivity index (χ4n) is 1.67. The molecule has 98 valence electrons. The van der Waals surface area contributed by atoms with E-state index in [1.165, 1.54) is 25.0 Å². The van der Waals surface area contributed by atoms with Gasteiger partial charge in [0.25, 0.3) is 5.56 Å². The van der Waals surface area contributed by atoms with Gasteiger partial charge in [0, 0.05) is 14.1 Å². The molecule has 0 amide bonds. The first-order chi connectivity index (χ1) is 8.22. The van der Waals surface area contributed by atoms with E-state index in [4.69, 9.17) is 0 Å². The van der Waals surface area contributed by atoms with Crippen LogP contribution in [0.15, 0.2) is 15.9 Å². The molecule has 0 radical (unpaired) electrons. The Hall–Kier alpha value is -1.34. The molecule has 0 aromatic carbocycles. The van der Waals surface area contributed by atoms with Gasteiger partial charge in [0.1, 0.15) is 16.0 Å². The van der Waals surface area contributed by atoms with E-state index < -0.39 is 27.2 Å². The second-order valence-electron chi connectivity index (χ2n) is 3.79. The monoisotopic (exact) mass is 280 g/mol. The van der Waals surface area contributed by atoms with Crippen molar-refractivity contribution in [2.45, 2.75) is 5.88 Å². The zero-order chi connectivity index (χ0) is 13.7. The fourth-order valence-corrected chi connectivity index (χ4v) is 2.21. The van der Waals surface area contributed by atoms with Crippen LogP contribution in [-0.2, 0) is 30.1 Å². The maximum atomic E-state index is 11.9. The van der Waals surface area contributed by atoms with Crippen LogP contribution in [0.2, 0.25) is 0 Å². The Morgan fingerprint density at radius 2 is 1.89 bits per heavy atom. The predicted octanol–water partition coefficient (Wildman–Crippen LogP) is -5.06. The van der Waals surface area contributed by atoms with Gasteiger partial charge in [-0.05, 0) is 0 Å². The van der Waals surface area contributed by atoms with Gasteiger partial charge in [-0.3, -0.25) is 9.36 Å². The third-order valence-corrected chi connectivity index (χ3v) is 3.06. The van der Waals surface area contributed by atoms with Crippen molar-refractivity contribution < 1.29 is 31.8 Å². The standard InChI is InChI=1S/C8H10N4O5S.Li/c1-10-3-9-6-5(10)7(13)12(4-18(15,16)17)8(14)11(6)2;/h3H,4H2,1-2H3,(H,15,16,17);/q;+1/p-1. The van der Waals surface area contributed by atoms with E-state index in [-0.39, 0.29) is 30.0 Å².